The second kappa shape index (κ2) is 8.64. The van der Waals surface area contributed by atoms with E-state index in [1.807, 2.05) is 24.3 Å². The SMILES string of the molecule is CC(C)Cc1nnc(NC(=O)CCSc2ccc(Br)cc2)s1. The maximum atomic E-state index is 11.9. The van der Waals surface area contributed by atoms with Crippen molar-refractivity contribution < 1.29 is 4.79 Å². The molecule has 1 aromatic heterocycles. The van der Waals surface area contributed by atoms with Crippen LogP contribution in [0.5, 0.6) is 0 Å². The largest absolute Gasteiger partial charge is 0.301 e. The average Bonchev–Trinajstić information content (AvgIpc) is 2.87. The minimum atomic E-state index is -0.0168. The summed E-state index contributed by atoms with van der Waals surface area (Å²) < 4.78 is 1.06. The van der Waals surface area contributed by atoms with E-state index in [1.54, 1.807) is 11.8 Å². The zero-order chi connectivity index (χ0) is 15.9. The number of thioether (sulfide) groups is 1. The number of rotatable bonds is 7. The molecule has 0 saturated heterocycles. The van der Waals surface area contributed by atoms with Gasteiger partial charge >= 0.3 is 0 Å². The highest BCUT2D eigenvalue weighted by Gasteiger charge is 2.09. The predicted octanol–water partition coefficient (Wildman–Crippen LogP) is 4.62. The summed E-state index contributed by atoms with van der Waals surface area (Å²) in [6.45, 7) is 4.28. The Labute approximate surface area is 147 Å². The van der Waals surface area contributed by atoms with E-state index in [0.29, 0.717) is 17.5 Å². The van der Waals surface area contributed by atoms with E-state index in [-0.39, 0.29) is 5.91 Å². The van der Waals surface area contributed by atoms with Crippen LogP contribution in [-0.2, 0) is 11.2 Å². The minimum absolute atomic E-state index is 0.0168. The number of aromatic nitrogens is 2. The Bertz CT molecular complexity index is 614. The summed E-state index contributed by atoms with van der Waals surface area (Å²) in [5.74, 6) is 1.26. The van der Waals surface area contributed by atoms with Crippen molar-refractivity contribution in [2.75, 3.05) is 11.1 Å². The van der Waals surface area contributed by atoms with Gasteiger partial charge in [0.2, 0.25) is 11.0 Å². The number of hydrogen-bond acceptors (Lipinski definition) is 5. The number of anilines is 1. The molecule has 0 aliphatic heterocycles. The van der Waals surface area contributed by atoms with Crippen LogP contribution in [0.1, 0.15) is 25.3 Å². The van der Waals surface area contributed by atoms with E-state index in [1.165, 1.54) is 11.3 Å². The van der Waals surface area contributed by atoms with Crippen molar-refractivity contribution in [3.63, 3.8) is 0 Å². The Morgan fingerprint density at radius 2 is 2.05 bits per heavy atom. The molecule has 1 amide bonds. The minimum Gasteiger partial charge on any atom is -0.301 e. The van der Waals surface area contributed by atoms with Crippen LogP contribution in [0.3, 0.4) is 0 Å². The number of carbonyl (C=O) groups is 1. The van der Waals surface area contributed by atoms with E-state index in [4.69, 9.17) is 0 Å². The molecule has 118 valence electrons. The first-order valence-electron chi connectivity index (χ1n) is 7.03. The van der Waals surface area contributed by atoms with E-state index < -0.39 is 0 Å². The van der Waals surface area contributed by atoms with Crippen LogP contribution >= 0.6 is 39.0 Å². The molecule has 0 fully saturated rings. The van der Waals surface area contributed by atoms with Gasteiger partial charge in [0.25, 0.3) is 0 Å². The monoisotopic (exact) mass is 399 g/mol. The number of amides is 1. The molecule has 0 aliphatic carbocycles. The number of carbonyl (C=O) groups excluding carboxylic acids is 1. The third-order valence-corrected chi connectivity index (χ3v) is 5.11. The van der Waals surface area contributed by atoms with Crippen molar-refractivity contribution in [3.8, 4) is 0 Å². The maximum absolute atomic E-state index is 11.9. The molecule has 0 radical (unpaired) electrons. The lowest BCUT2D eigenvalue weighted by Crippen LogP contribution is -2.11. The van der Waals surface area contributed by atoms with Gasteiger partial charge in [-0.3, -0.25) is 4.79 Å². The van der Waals surface area contributed by atoms with Gasteiger partial charge in [-0.05, 0) is 30.2 Å². The van der Waals surface area contributed by atoms with Crippen LogP contribution in [0.2, 0.25) is 0 Å². The normalized spacial score (nSPS) is 10.9. The van der Waals surface area contributed by atoms with Crippen LogP contribution in [0.25, 0.3) is 0 Å². The van der Waals surface area contributed by atoms with Gasteiger partial charge in [-0.1, -0.05) is 41.1 Å². The van der Waals surface area contributed by atoms with Crippen molar-refractivity contribution in [1.29, 1.82) is 0 Å². The van der Waals surface area contributed by atoms with Crippen LogP contribution < -0.4 is 5.32 Å². The van der Waals surface area contributed by atoms with Crippen LogP contribution in [0.15, 0.2) is 33.6 Å². The van der Waals surface area contributed by atoms with Crippen LogP contribution in [0, 0.1) is 5.92 Å². The fourth-order valence-electron chi connectivity index (χ4n) is 1.71. The lowest BCUT2D eigenvalue weighted by Gasteiger charge is -2.02. The molecule has 1 heterocycles. The van der Waals surface area contributed by atoms with Gasteiger partial charge in [-0.2, -0.15) is 0 Å². The average molecular weight is 400 g/mol. The van der Waals surface area contributed by atoms with Gasteiger partial charge in [0.15, 0.2) is 0 Å². The molecule has 0 saturated carbocycles. The molecule has 22 heavy (non-hydrogen) atoms. The lowest BCUT2D eigenvalue weighted by molar-refractivity contribution is -0.115. The highest BCUT2D eigenvalue weighted by atomic mass is 79.9. The first-order valence-corrected chi connectivity index (χ1v) is 9.63. The molecule has 0 aliphatic rings. The fourth-order valence-corrected chi connectivity index (χ4v) is 3.79. The van der Waals surface area contributed by atoms with E-state index >= 15 is 0 Å². The Kier molecular flexibility index (Phi) is 6.85. The smallest absolute Gasteiger partial charge is 0.227 e. The summed E-state index contributed by atoms with van der Waals surface area (Å²) in [6.07, 6.45) is 1.35. The zero-order valence-corrected chi connectivity index (χ0v) is 15.7. The summed E-state index contributed by atoms with van der Waals surface area (Å²) in [4.78, 5) is 13.1. The molecule has 7 heteroatoms. The van der Waals surface area contributed by atoms with Gasteiger partial charge in [0.05, 0.1) is 0 Å². The van der Waals surface area contributed by atoms with Gasteiger partial charge in [0, 0.05) is 28.0 Å². The molecule has 2 rings (SSSR count). The predicted molar refractivity (Wildman–Crippen MR) is 96.6 cm³/mol. The van der Waals surface area contributed by atoms with Crippen molar-refractivity contribution in [2.24, 2.45) is 5.92 Å². The zero-order valence-electron chi connectivity index (χ0n) is 12.5. The number of nitrogens with zero attached hydrogens (tertiary/aromatic N) is 2. The third-order valence-electron chi connectivity index (χ3n) is 2.71. The molecule has 0 spiro atoms. The summed E-state index contributed by atoms with van der Waals surface area (Å²) in [5, 5.41) is 12.5. The van der Waals surface area contributed by atoms with Crippen molar-refractivity contribution in [2.45, 2.75) is 31.6 Å². The first kappa shape index (κ1) is 17.4. The Morgan fingerprint density at radius 1 is 1.32 bits per heavy atom. The third kappa shape index (κ3) is 6.06. The number of benzene rings is 1. The topological polar surface area (TPSA) is 54.9 Å². The number of nitrogens with one attached hydrogen (secondary N) is 1. The summed E-state index contributed by atoms with van der Waals surface area (Å²) in [6, 6.07) is 8.07. The quantitative estimate of drug-likeness (QED) is 0.689. The van der Waals surface area contributed by atoms with E-state index in [9.17, 15) is 4.79 Å². The second-order valence-electron chi connectivity index (χ2n) is 5.20. The van der Waals surface area contributed by atoms with Gasteiger partial charge in [-0.15, -0.1) is 22.0 Å². The molecule has 2 aromatic rings. The molecule has 0 unspecified atom stereocenters. The second-order valence-corrected chi connectivity index (χ2v) is 8.35. The molecule has 0 bridgehead atoms. The van der Waals surface area contributed by atoms with Gasteiger partial charge in [-0.25, -0.2) is 0 Å². The highest BCUT2D eigenvalue weighted by molar-refractivity contribution is 9.10. The Morgan fingerprint density at radius 3 is 2.73 bits per heavy atom. The highest BCUT2D eigenvalue weighted by Crippen LogP contribution is 2.22. The van der Waals surface area contributed by atoms with E-state index in [0.717, 1.165) is 26.5 Å². The fraction of sp³-hybridized carbons (Fsp3) is 0.400. The summed E-state index contributed by atoms with van der Waals surface area (Å²) in [5.41, 5.74) is 0. The van der Waals surface area contributed by atoms with Crippen molar-refractivity contribution in [3.05, 3.63) is 33.7 Å². The maximum Gasteiger partial charge on any atom is 0.227 e. The number of halogens is 1. The van der Waals surface area contributed by atoms with Crippen LogP contribution in [-0.4, -0.2) is 21.9 Å². The standard InChI is InChI=1S/C15H18BrN3OS2/c1-10(2)9-14-18-19-15(22-14)17-13(20)7-8-21-12-5-3-11(16)4-6-12/h3-6,10H,7-9H2,1-2H3,(H,17,19,20). The molecule has 4 nitrogen and oxygen atoms in total. The lowest BCUT2D eigenvalue weighted by atomic mass is 10.1. The summed E-state index contributed by atoms with van der Waals surface area (Å²) >= 11 is 6.53. The van der Waals surface area contributed by atoms with Crippen molar-refractivity contribution in [1.82, 2.24) is 10.2 Å². The molecule has 0 atom stereocenters. The Hall–Kier alpha value is -0.920. The van der Waals surface area contributed by atoms with Gasteiger partial charge < -0.3 is 5.32 Å². The molecular formula is C15H18BrN3OS2. The first-order chi connectivity index (χ1) is 10.5. The molecule has 1 aromatic carbocycles. The van der Waals surface area contributed by atoms with Gasteiger partial charge in [0.1, 0.15) is 5.01 Å². The molecular weight excluding hydrogens is 382 g/mol. The molecule has 1 N–H and O–H groups in total. The van der Waals surface area contributed by atoms with E-state index in [2.05, 4.69) is 45.3 Å². The number of hydrogen-bond donors (Lipinski definition) is 1. The van der Waals surface area contributed by atoms with Crippen molar-refractivity contribution >= 4 is 50.1 Å². The van der Waals surface area contributed by atoms with Crippen LogP contribution in [0.4, 0.5) is 5.13 Å². The summed E-state index contributed by atoms with van der Waals surface area (Å²) in [7, 11) is 0. The Balaban J connectivity index is 1.73.